The van der Waals surface area contributed by atoms with Crippen LogP contribution in [0, 0.1) is 0 Å². The van der Waals surface area contributed by atoms with E-state index < -0.39 is 18.0 Å². The van der Waals surface area contributed by atoms with E-state index in [1.165, 1.54) is 6.92 Å². The van der Waals surface area contributed by atoms with Gasteiger partial charge >= 0.3 is 5.97 Å². The van der Waals surface area contributed by atoms with Crippen molar-refractivity contribution in [2.75, 3.05) is 0 Å². The molecule has 0 heterocycles. The summed E-state index contributed by atoms with van der Waals surface area (Å²) in [5.41, 5.74) is 0.0797. The maximum absolute atomic E-state index is 13.5. The van der Waals surface area contributed by atoms with Gasteiger partial charge in [-0.1, -0.05) is 6.58 Å². The first-order valence-electron chi connectivity index (χ1n) is 4.17. The molecule has 0 bridgehead atoms. The number of esters is 1. The summed E-state index contributed by atoms with van der Waals surface area (Å²) < 4.78 is 30.8. The fourth-order valence-electron chi connectivity index (χ4n) is 1.25. The SMILES string of the molecule is C=C(C)C(=O)OC1(F)CCCC1F. The van der Waals surface area contributed by atoms with E-state index in [9.17, 15) is 13.6 Å². The molecule has 0 saturated heterocycles. The van der Waals surface area contributed by atoms with Gasteiger partial charge < -0.3 is 4.74 Å². The Labute approximate surface area is 75.6 Å². The number of ether oxygens (including phenoxy) is 1. The van der Waals surface area contributed by atoms with Gasteiger partial charge in [0.05, 0.1) is 0 Å². The predicted octanol–water partition coefficient (Wildman–Crippen LogP) is 2.29. The second-order valence-electron chi connectivity index (χ2n) is 3.32. The minimum atomic E-state index is -2.42. The van der Waals surface area contributed by atoms with Gasteiger partial charge in [0.15, 0.2) is 6.17 Å². The average molecular weight is 190 g/mol. The van der Waals surface area contributed by atoms with Crippen LogP contribution < -0.4 is 0 Å². The van der Waals surface area contributed by atoms with Gasteiger partial charge in [0, 0.05) is 12.0 Å². The van der Waals surface area contributed by atoms with E-state index in [-0.39, 0.29) is 18.4 Å². The van der Waals surface area contributed by atoms with Crippen molar-refractivity contribution in [1.82, 2.24) is 0 Å². The summed E-state index contributed by atoms with van der Waals surface area (Å²) in [5.74, 6) is -3.29. The maximum Gasteiger partial charge on any atom is 0.335 e. The molecule has 0 amide bonds. The lowest BCUT2D eigenvalue weighted by Crippen LogP contribution is -2.35. The van der Waals surface area contributed by atoms with E-state index in [0.29, 0.717) is 6.42 Å². The minimum Gasteiger partial charge on any atom is -0.422 e. The van der Waals surface area contributed by atoms with Gasteiger partial charge in [-0.2, -0.15) is 4.39 Å². The van der Waals surface area contributed by atoms with Crippen LogP contribution in [0.2, 0.25) is 0 Å². The molecule has 1 rings (SSSR count). The Bertz CT molecular complexity index is 240. The molecule has 4 heteroatoms. The molecule has 0 aliphatic heterocycles. The van der Waals surface area contributed by atoms with Crippen LogP contribution in [0.5, 0.6) is 0 Å². The minimum absolute atomic E-state index is 0.0623. The van der Waals surface area contributed by atoms with Crippen LogP contribution in [-0.4, -0.2) is 18.0 Å². The molecule has 0 N–H and O–H groups in total. The van der Waals surface area contributed by atoms with Gasteiger partial charge in [-0.15, -0.1) is 0 Å². The molecule has 13 heavy (non-hydrogen) atoms. The van der Waals surface area contributed by atoms with Gasteiger partial charge in [-0.3, -0.25) is 0 Å². The topological polar surface area (TPSA) is 26.3 Å². The smallest absolute Gasteiger partial charge is 0.335 e. The van der Waals surface area contributed by atoms with Crippen LogP contribution >= 0.6 is 0 Å². The lowest BCUT2D eigenvalue weighted by molar-refractivity contribution is -0.189. The van der Waals surface area contributed by atoms with E-state index >= 15 is 0 Å². The summed E-state index contributed by atoms with van der Waals surface area (Å²) in [6.45, 7) is 4.69. The van der Waals surface area contributed by atoms with Crippen molar-refractivity contribution in [3.63, 3.8) is 0 Å². The van der Waals surface area contributed by atoms with Crippen LogP contribution in [0.4, 0.5) is 8.78 Å². The number of hydrogen-bond acceptors (Lipinski definition) is 2. The fourth-order valence-corrected chi connectivity index (χ4v) is 1.25. The average Bonchev–Trinajstić information content (AvgIpc) is 2.32. The third kappa shape index (κ3) is 2.05. The summed E-state index contributed by atoms with van der Waals surface area (Å²) in [5, 5.41) is 0. The zero-order chi connectivity index (χ0) is 10.1. The normalized spacial score (nSPS) is 33.0. The van der Waals surface area contributed by atoms with Gasteiger partial charge in [0.1, 0.15) is 0 Å². The highest BCUT2D eigenvalue weighted by Crippen LogP contribution is 2.37. The van der Waals surface area contributed by atoms with Crippen molar-refractivity contribution in [2.45, 2.75) is 38.2 Å². The van der Waals surface area contributed by atoms with Crippen LogP contribution in [0.15, 0.2) is 12.2 Å². The van der Waals surface area contributed by atoms with E-state index in [0.717, 1.165) is 0 Å². The van der Waals surface area contributed by atoms with Crippen molar-refractivity contribution >= 4 is 5.97 Å². The molecule has 0 radical (unpaired) electrons. The van der Waals surface area contributed by atoms with Gasteiger partial charge in [0.25, 0.3) is 5.85 Å². The highest BCUT2D eigenvalue weighted by molar-refractivity contribution is 5.87. The molecule has 0 spiro atoms. The Morgan fingerprint density at radius 1 is 1.69 bits per heavy atom. The first-order valence-corrected chi connectivity index (χ1v) is 4.17. The molecule has 1 saturated carbocycles. The Morgan fingerprint density at radius 3 is 2.69 bits per heavy atom. The molecule has 2 nitrogen and oxygen atoms in total. The van der Waals surface area contributed by atoms with E-state index in [1.54, 1.807) is 0 Å². The fraction of sp³-hybridized carbons (Fsp3) is 0.667. The van der Waals surface area contributed by atoms with Crippen LogP contribution in [-0.2, 0) is 9.53 Å². The highest BCUT2D eigenvalue weighted by Gasteiger charge is 2.47. The first-order chi connectivity index (χ1) is 5.96. The monoisotopic (exact) mass is 190 g/mol. The van der Waals surface area contributed by atoms with Gasteiger partial charge in [-0.25, -0.2) is 9.18 Å². The molecule has 0 aromatic carbocycles. The molecule has 1 fully saturated rings. The molecule has 0 aromatic heterocycles. The van der Waals surface area contributed by atoms with Crippen LogP contribution in [0.3, 0.4) is 0 Å². The second-order valence-corrected chi connectivity index (χ2v) is 3.32. The summed E-state index contributed by atoms with van der Waals surface area (Å²) in [6.07, 6.45) is -1.25. The standard InChI is InChI=1S/C9H12F2O2/c1-6(2)8(12)13-9(11)5-3-4-7(9)10/h7H,1,3-5H2,2H3. The Morgan fingerprint density at radius 2 is 2.31 bits per heavy atom. The third-order valence-electron chi connectivity index (χ3n) is 2.05. The van der Waals surface area contributed by atoms with Crippen molar-refractivity contribution in [2.24, 2.45) is 0 Å². The summed E-state index contributed by atoms with van der Waals surface area (Å²) in [7, 11) is 0. The molecule has 2 atom stereocenters. The molecule has 1 aliphatic carbocycles. The lowest BCUT2D eigenvalue weighted by Gasteiger charge is -2.22. The summed E-state index contributed by atoms with van der Waals surface area (Å²) in [6, 6.07) is 0. The number of carbonyl (C=O) groups excluding carboxylic acids is 1. The maximum atomic E-state index is 13.5. The van der Waals surface area contributed by atoms with Crippen LogP contribution in [0.1, 0.15) is 26.2 Å². The molecular formula is C9H12F2O2. The quantitative estimate of drug-likeness (QED) is 0.493. The van der Waals surface area contributed by atoms with Crippen LogP contribution in [0.25, 0.3) is 0 Å². The number of alkyl halides is 2. The Balaban J connectivity index is 2.61. The van der Waals surface area contributed by atoms with Crippen molar-refractivity contribution in [3.8, 4) is 0 Å². The number of hydrogen-bond donors (Lipinski definition) is 0. The van der Waals surface area contributed by atoms with E-state index in [1.807, 2.05) is 0 Å². The second kappa shape index (κ2) is 3.44. The Hall–Kier alpha value is -0.930. The molecule has 2 unspecified atom stereocenters. The highest BCUT2D eigenvalue weighted by atomic mass is 19.2. The zero-order valence-corrected chi connectivity index (χ0v) is 7.48. The molecule has 0 aromatic rings. The number of rotatable bonds is 2. The predicted molar refractivity (Wildman–Crippen MR) is 43.5 cm³/mol. The van der Waals surface area contributed by atoms with Gasteiger partial charge in [0.2, 0.25) is 0 Å². The molecule has 74 valence electrons. The summed E-state index contributed by atoms with van der Waals surface area (Å²) >= 11 is 0. The number of carbonyl (C=O) groups is 1. The number of halogens is 2. The van der Waals surface area contributed by atoms with Crippen molar-refractivity contribution in [3.05, 3.63) is 12.2 Å². The largest absolute Gasteiger partial charge is 0.422 e. The zero-order valence-electron chi connectivity index (χ0n) is 7.48. The van der Waals surface area contributed by atoms with Crippen molar-refractivity contribution < 1.29 is 18.3 Å². The van der Waals surface area contributed by atoms with E-state index in [4.69, 9.17) is 0 Å². The molecular weight excluding hydrogens is 178 g/mol. The van der Waals surface area contributed by atoms with Gasteiger partial charge in [-0.05, 0) is 19.8 Å². The first kappa shape index (κ1) is 10.2. The molecule has 1 aliphatic rings. The lowest BCUT2D eigenvalue weighted by atomic mass is 10.2. The van der Waals surface area contributed by atoms with E-state index in [2.05, 4.69) is 11.3 Å². The Kier molecular flexibility index (Phi) is 2.68. The summed E-state index contributed by atoms with van der Waals surface area (Å²) in [4.78, 5) is 10.9. The van der Waals surface area contributed by atoms with Crippen molar-refractivity contribution in [1.29, 1.82) is 0 Å². The third-order valence-corrected chi connectivity index (χ3v) is 2.05.